The molecule has 76 valence electrons. The number of nitrogens with two attached hydrogens (primary N) is 1. The minimum atomic E-state index is 0.0737. The van der Waals surface area contributed by atoms with Crippen molar-refractivity contribution in [2.75, 3.05) is 0 Å². The van der Waals surface area contributed by atoms with E-state index < -0.39 is 0 Å². The fourth-order valence-corrected chi connectivity index (χ4v) is 2.09. The van der Waals surface area contributed by atoms with Crippen molar-refractivity contribution in [3.05, 3.63) is 23.7 Å². The van der Waals surface area contributed by atoms with Crippen molar-refractivity contribution in [2.45, 2.75) is 44.1 Å². The maximum atomic E-state index is 6.05. The van der Waals surface area contributed by atoms with E-state index in [0.29, 0.717) is 5.92 Å². The lowest BCUT2D eigenvalue weighted by Crippen LogP contribution is -2.24. The van der Waals surface area contributed by atoms with Crippen LogP contribution < -0.4 is 5.73 Å². The summed E-state index contributed by atoms with van der Waals surface area (Å²) in [7, 11) is 0. The topological polar surface area (TPSA) is 39.2 Å². The molecule has 2 aliphatic rings. The van der Waals surface area contributed by atoms with E-state index in [0.717, 1.165) is 30.9 Å². The van der Waals surface area contributed by atoms with Crippen molar-refractivity contribution >= 4 is 0 Å². The Hall–Kier alpha value is -0.760. The van der Waals surface area contributed by atoms with Gasteiger partial charge in [-0.15, -0.1) is 0 Å². The molecule has 2 aliphatic carbocycles. The minimum Gasteiger partial charge on any atom is -0.466 e. The van der Waals surface area contributed by atoms with Gasteiger partial charge in [-0.05, 0) is 37.3 Å². The molecule has 1 aromatic rings. The summed E-state index contributed by atoms with van der Waals surface area (Å²) in [5, 5.41) is 0. The van der Waals surface area contributed by atoms with Gasteiger partial charge in [-0.25, -0.2) is 0 Å². The molecule has 3 rings (SSSR count). The molecule has 1 aromatic heterocycles. The summed E-state index contributed by atoms with van der Waals surface area (Å²) < 4.78 is 5.81. The highest BCUT2D eigenvalue weighted by molar-refractivity contribution is 5.20. The average Bonchev–Trinajstić information content (AvgIpc) is 2.96. The first kappa shape index (κ1) is 8.54. The van der Waals surface area contributed by atoms with Crippen molar-refractivity contribution in [1.82, 2.24) is 0 Å². The molecular weight excluding hydrogens is 174 g/mol. The molecule has 0 spiro atoms. The zero-order chi connectivity index (χ0) is 9.76. The van der Waals surface area contributed by atoms with Gasteiger partial charge in [0.1, 0.15) is 11.5 Å². The van der Waals surface area contributed by atoms with Crippen LogP contribution in [0, 0.1) is 5.92 Å². The molecule has 0 saturated heterocycles. The second kappa shape index (κ2) is 2.63. The van der Waals surface area contributed by atoms with E-state index in [1.54, 1.807) is 0 Å². The van der Waals surface area contributed by atoms with Crippen LogP contribution in [-0.4, -0.2) is 5.54 Å². The van der Waals surface area contributed by atoms with E-state index in [2.05, 4.69) is 19.1 Å². The van der Waals surface area contributed by atoms with Crippen LogP contribution in [0.3, 0.4) is 0 Å². The molecule has 1 heterocycles. The SMILES string of the molecule is CC1CC1c1ccc(CC2(N)CC2)o1. The van der Waals surface area contributed by atoms with Crippen LogP contribution in [0.5, 0.6) is 0 Å². The van der Waals surface area contributed by atoms with Gasteiger partial charge < -0.3 is 10.2 Å². The van der Waals surface area contributed by atoms with Crippen LogP contribution in [0.4, 0.5) is 0 Å². The summed E-state index contributed by atoms with van der Waals surface area (Å²) in [6.45, 7) is 2.28. The third kappa shape index (κ3) is 1.48. The third-order valence-electron chi connectivity index (χ3n) is 3.58. The standard InChI is InChI=1S/C12H17NO/c1-8-6-10(8)11-3-2-9(14-11)7-12(13)4-5-12/h2-3,8,10H,4-7,13H2,1H3. The summed E-state index contributed by atoms with van der Waals surface area (Å²) in [5.74, 6) is 3.77. The van der Waals surface area contributed by atoms with Gasteiger partial charge in [0.05, 0.1) is 0 Å². The Morgan fingerprint density at radius 3 is 2.79 bits per heavy atom. The third-order valence-corrected chi connectivity index (χ3v) is 3.58. The maximum Gasteiger partial charge on any atom is 0.107 e. The summed E-state index contributed by atoms with van der Waals surface area (Å²) >= 11 is 0. The van der Waals surface area contributed by atoms with Crippen molar-refractivity contribution in [3.8, 4) is 0 Å². The van der Waals surface area contributed by atoms with Crippen LogP contribution in [0.15, 0.2) is 16.5 Å². The Kier molecular flexibility index (Phi) is 1.61. The van der Waals surface area contributed by atoms with Crippen LogP contribution in [0.2, 0.25) is 0 Å². The minimum absolute atomic E-state index is 0.0737. The Morgan fingerprint density at radius 2 is 2.21 bits per heavy atom. The molecule has 14 heavy (non-hydrogen) atoms. The maximum absolute atomic E-state index is 6.05. The molecule has 2 heteroatoms. The molecule has 0 aliphatic heterocycles. The molecule has 0 aromatic carbocycles. The van der Waals surface area contributed by atoms with Gasteiger partial charge in [0, 0.05) is 17.9 Å². The molecule has 0 radical (unpaired) electrons. The Morgan fingerprint density at radius 1 is 1.50 bits per heavy atom. The van der Waals surface area contributed by atoms with Crippen LogP contribution in [0.1, 0.15) is 43.6 Å². The summed E-state index contributed by atoms with van der Waals surface area (Å²) in [4.78, 5) is 0. The van der Waals surface area contributed by atoms with E-state index in [1.165, 1.54) is 12.2 Å². The normalized spacial score (nSPS) is 33.0. The molecule has 2 fully saturated rings. The van der Waals surface area contributed by atoms with Gasteiger partial charge in [-0.3, -0.25) is 0 Å². The summed E-state index contributed by atoms with van der Waals surface area (Å²) in [6.07, 6.45) is 4.53. The van der Waals surface area contributed by atoms with Crippen molar-refractivity contribution < 1.29 is 4.42 Å². The summed E-state index contributed by atoms with van der Waals surface area (Å²) in [5.41, 5.74) is 6.12. The van der Waals surface area contributed by atoms with Crippen LogP contribution in [-0.2, 0) is 6.42 Å². The van der Waals surface area contributed by atoms with E-state index >= 15 is 0 Å². The van der Waals surface area contributed by atoms with E-state index in [1.807, 2.05) is 0 Å². The zero-order valence-electron chi connectivity index (χ0n) is 8.62. The van der Waals surface area contributed by atoms with Gasteiger partial charge in [-0.2, -0.15) is 0 Å². The molecule has 2 atom stereocenters. The van der Waals surface area contributed by atoms with Gasteiger partial charge in [0.2, 0.25) is 0 Å². The van der Waals surface area contributed by atoms with Crippen LogP contribution in [0.25, 0.3) is 0 Å². The van der Waals surface area contributed by atoms with E-state index in [4.69, 9.17) is 10.2 Å². The Labute approximate surface area is 84.5 Å². The van der Waals surface area contributed by atoms with Crippen molar-refractivity contribution in [2.24, 2.45) is 11.7 Å². The molecule has 2 N–H and O–H groups in total. The van der Waals surface area contributed by atoms with Crippen molar-refractivity contribution in [3.63, 3.8) is 0 Å². The van der Waals surface area contributed by atoms with Crippen LogP contribution >= 0.6 is 0 Å². The second-order valence-electron chi connectivity index (χ2n) is 5.16. The number of furan rings is 1. The van der Waals surface area contributed by atoms with Gasteiger partial charge in [0.15, 0.2) is 0 Å². The summed E-state index contributed by atoms with van der Waals surface area (Å²) in [6, 6.07) is 4.24. The average molecular weight is 191 g/mol. The number of rotatable bonds is 3. The second-order valence-corrected chi connectivity index (χ2v) is 5.16. The Bertz CT molecular complexity index is 351. The Balaban J connectivity index is 1.71. The van der Waals surface area contributed by atoms with Gasteiger partial charge in [0.25, 0.3) is 0 Å². The fraction of sp³-hybridized carbons (Fsp3) is 0.667. The predicted octanol–water partition coefficient (Wildman–Crippen LogP) is 2.44. The van der Waals surface area contributed by atoms with E-state index in [9.17, 15) is 0 Å². The monoisotopic (exact) mass is 191 g/mol. The predicted molar refractivity (Wildman–Crippen MR) is 55.1 cm³/mol. The van der Waals surface area contributed by atoms with Gasteiger partial charge >= 0.3 is 0 Å². The number of hydrogen-bond acceptors (Lipinski definition) is 2. The number of hydrogen-bond donors (Lipinski definition) is 1. The fourth-order valence-electron chi connectivity index (χ4n) is 2.09. The largest absolute Gasteiger partial charge is 0.466 e. The highest BCUT2D eigenvalue weighted by atomic mass is 16.3. The highest BCUT2D eigenvalue weighted by Crippen LogP contribution is 2.47. The molecular formula is C12H17NO. The molecule has 2 saturated carbocycles. The molecule has 0 bridgehead atoms. The quantitative estimate of drug-likeness (QED) is 0.797. The van der Waals surface area contributed by atoms with Gasteiger partial charge in [-0.1, -0.05) is 6.92 Å². The zero-order valence-corrected chi connectivity index (χ0v) is 8.62. The smallest absolute Gasteiger partial charge is 0.107 e. The van der Waals surface area contributed by atoms with Crippen molar-refractivity contribution in [1.29, 1.82) is 0 Å². The highest BCUT2D eigenvalue weighted by Gasteiger charge is 2.40. The molecule has 2 unspecified atom stereocenters. The lowest BCUT2D eigenvalue weighted by atomic mass is 10.1. The first-order valence-electron chi connectivity index (χ1n) is 5.54. The lowest BCUT2D eigenvalue weighted by molar-refractivity contribution is 0.442. The van der Waals surface area contributed by atoms with E-state index in [-0.39, 0.29) is 5.54 Å². The lowest BCUT2D eigenvalue weighted by Gasteiger charge is -2.04. The molecule has 2 nitrogen and oxygen atoms in total. The first-order valence-corrected chi connectivity index (χ1v) is 5.54. The molecule has 0 amide bonds. The first-order chi connectivity index (χ1) is 6.66.